The Kier molecular flexibility index (Phi) is 6.21. The number of benzene rings is 1. The van der Waals surface area contributed by atoms with E-state index in [9.17, 15) is 9.59 Å². The number of ether oxygens (including phenoxy) is 2. The molecule has 8 heteroatoms. The monoisotopic (exact) mass is 438 g/mol. The molecule has 0 saturated carbocycles. The predicted molar refractivity (Wildman–Crippen MR) is 119 cm³/mol. The molecule has 0 bridgehead atoms. The topological polar surface area (TPSA) is 92.8 Å². The normalized spacial score (nSPS) is 17.0. The maximum absolute atomic E-state index is 13.2. The van der Waals surface area contributed by atoms with Gasteiger partial charge in [-0.2, -0.15) is 0 Å². The van der Waals surface area contributed by atoms with Gasteiger partial charge in [0.15, 0.2) is 11.5 Å². The van der Waals surface area contributed by atoms with Crippen LogP contribution in [0.15, 0.2) is 42.6 Å². The minimum absolute atomic E-state index is 0.0331. The Morgan fingerprint density at radius 3 is 2.53 bits per heavy atom. The number of carbonyl (C=O) groups is 2. The number of fused-ring (bicyclic) bond motifs is 1. The van der Waals surface area contributed by atoms with Crippen LogP contribution in [0.4, 0.5) is 4.79 Å². The molecule has 1 unspecified atom stereocenters. The summed E-state index contributed by atoms with van der Waals surface area (Å²) in [6.07, 6.45) is 2.97. The first-order valence-corrected chi connectivity index (χ1v) is 11.0. The van der Waals surface area contributed by atoms with E-state index in [1.807, 2.05) is 57.2 Å². The summed E-state index contributed by atoms with van der Waals surface area (Å²) < 4.78 is 10.9. The molecule has 2 aliphatic heterocycles. The predicted octanol–water partition coefficient (Wildman–Crippen LogP) is 3.24. The molecule has 1 aromatic carbocycles. The third-order valence-electron chi connectivity index (χ3n) is 5.63. The fourth-order valence-corrected chi connectivity index (χ4v) is 3.97. The van der Waals surface area contributed by atoms with Gasteiger partial charge in [0.25, 0.3) is 0 Å². The van der Waals surface area contributed by atoms with E-state index in [2.05, 4.69) is 15.6 Å². The van der Waals surface area contributed by atoms with Crippen molar-refractivity contribution in [1.29, 1.82) is 0 Å². The minimum atomic E-state index is -0.402. The first-order chi connectivity index (χ1) is 15.3. The molecule has 1 atom stereocenters. The summed E-state index contributed by atoms with van der Waals surface area (Å²) in [6.45, 7) is 7.17. The van der Waals surface area contributed by atoms with E-state index in [1.54, 1.807) is 11.1 Å². The van der Waals surface area contributed by atoms with E-state index in [4.69, 9.17) is 9.47 Å². The van der Waals surface area contributed by atoms with Crippen LogP contribution in [0.1, 0.15) is 50.9 Å². The number of urea groups is 1. The van der Waals surface area contributed by atoms with Crippen molar-refractivity contribution in [1.82, 2.24) is 20.5 Å². The Morgan fingerprint density at radius 2 is 1.84 bits per heavy atom. The van der Waals surface area contributed by atoms with Crippen molar-refractivity contribution in [2.75, 3.05) is 19.9 Å². The molecule has 8 nitrogen and oxygen atoms in total. The number of hydrogen-bond donors (Lipinski definition) is 2. The summed E-state index contributed by atoms with van der Waals surface area (Å²) in [7, 11) is 0. The number of carbonyl (C=O) groups excluding carboxylic acids is 2. The molecule has 0 radical (unpaired) electrons. The van der Waals surface area contributed by atoms with Gasteiger partial charge in [-0.1, -0.05) is 12.1 Å². The Hall–Kier alpha value is -3.29. The van der Waals surface area contributed by atoms with Gasteiger partial charge in [0.1, 0.15) is 0 Å². The Morgan fingerprint density at radius 1 is 1.09 bits per heavy atom. The van der Waals surface area contributed by atoms with Crippen LogP contribution in [0.2, 0.25) is 0 Å². The van der Waals surface area contributed by atoms with Crippen molar-refractivity contribution >= 4 is 11.9 Å². The highest BCUT2D eigenvalue weighted by molar-refractivity contribution is 5.80. The summed E-state index contributed by atoms with van der Waals surface area (Å²) in [5.74, 6) is 1.17. The second kappa shape index (κ2) is 9.06. The zero-order valence-corrected chi connectivity index (χ0v) is 18.8. The van der Waals surface area contributed by atoms with Crippen LogP contribution in [0.25, 0.3) is 0 Å². The van der Waals surface area contributed by atoms with E-state index >= 15 is 0 Å². The second-order valence-electron chi connectivity index (χ2n) is 9.25. The van der Waals surface area contributed by atoms with Crippen LogP contribution in [0.5, 0.6) is 11.5 Å². The number of nitrogens with one attached hydrogen (secondary N) is 2. The van der Waals surface area contributed by atoms with E-state index in [1.165, 1.54) is 0 Å². The summed E-state index contributed by atoms with van der Waals surface area (Å²) in [4.78, 5) is 31.8. The van der Waals surface area contributed by atoms with Crippen molar-refractivity contribution in [3.63, 3.8) is 0 Å². The molecule has 4 rings (SSSR count). The average Bonchev–Trinajstić information content (AvgIpc) is 3.25. The smallest absolute Gasteiger partial charge is 0.317 e. The zero-order valence-electron chi connectivity index (χ0n) is 18.8. The Balaban J connectivity index is 1.44. The van der Waals surface area contributed by atoms with Crippen molar-refractivity contribution in [3.05, 3.63) is 53.9 Å². The quantitative estimate of drug-likeness (QED) is 0.765. The fraction of sp³-hybridized carbons (Fsp3) is 0.458. The SMILES string of the molecule is CC(C)(C)NC(=O)N1CCC(C(=O)NC(c2ccc3c(c2)OCO3)c2ccccn2)CC1. The second-order valence-corrected chi connectivity index (χ2v) is 9.25. The molecule has 1 fully saturated rings. The molecule has 3 heterocycles. The number of nitrogens with zero attached hydrogens (tertiary/aromatic N) is 2. The van der Waals surface area contributed by atoms with Crippen molar-refractivity contribution in [2.45, 2.75) is 45.2 Å². The molecular weight excluding hydrogens is 408 g/mol. The third-order valence-corrected chi connectivity index (χ3v) is 5.63. The summed E-state index contributed by atoms with van der Waals surface area (Å²) in [5, 5.41) is 6.16. The van der Waals surface area contributed by atoms with Crippen molar-refractivity contribution in [3.8, 4) is 11.5 Å². The third kappa shape index (κ3) is 5.12. The number of likely N-dealkylation sites (tertiary alicyclic amines) is 1. The lowest BCUT2D eigenvalue weighted by molar-refractivity contribution is -0.126. The summed E-state index contributed by atoms with van der Waals surface area (Å²) in [5.41, 5.74) is 1.34. The molecule has 0 spiro atoms. The molecule has 170 valence electrons. The number of pyridine rings is 1. The molecular formula is C24H30N4O4. The van der Waals surface area contributed by atoms with Crippen LogP contribution < -0.4 is 20.1 Å². The van der Waals surface area contributed by atoms with Gasteiger partial charge in [-0.25, -0.2) is 4.79 Å². The van der Waals surface area contributed by atoms with Crippen molar-refractivity contribution < 1.29 is 19.1 Å². The molecule has 1 saturated heterocycles. The molecule has 0 aliphatic carbocycles. The van der Waals surface area contributed by atoms with Crippen LogP contribution in [0.3, 0.4) is 0 Å². The molecule has 1 aromatic heterocycles. The zero-order chi connectivity index (χ0) is 22.7. The van der Waals surface area contributed by atoms with Gasteiger partial charge in [-0.3, -0.25) is 9.78 Å². The van der Waals surface area contributed by atoms with Gasteiger partial charge in [0.2, 0.25) is 12.7 Å². The number of rotatable bonds is 4. The summed E-state index contributed by atoms with van der Waals surface area (Å²) >= 11 is 0. The van der Waals surface area contributed by atoms with Gasteiger partial charge >= 0.3 is 6.03 Å². The van der Waals surface area contributed by atoms with E-state index in [0.29, 0.717) is 37.4 Å². The van der Waals surface area contributed by atoms with Gasteiger partial charge < -0.3 is 25.0 Å². The van der Waals surface area contributed by atoms with Gasteiger partial charge in [-0.15, -0.1) is 0 Å². The highest BCUT2D eigenvalue weighted by Gasteiger charge is 2.31. The average molecular weight is 439 g/mol. The lowest BCUT2D eigenvalue weighted by Crippen LogP contribution is -2.51. The maximum Gasteiger partial charge on any atom is 0.317 e. The minimum Gasteiger partial charge on any atom is -0.454 e. The molecule has 32 heavy (non-hydrogen) atoms. The number of piperidine rings is 1. The Labute approximate surface area is 188 Å². The van der Waals surface area contributed by atoms with E-state index in [0.717, 1.165) is 11.3 Å². The number of aromatic nitrogens is 1. The van der Waals surface area contributed by atoms with E-state index in [-0.39, 0.29) is 30.2 Å². The van der Waals surface area contributed by atoms with Crippen LogP contribution in [0, 0.1) is 5.92 Å². The molecule has 3 amide bonds. The fourth-order valence-electron chi connectivity index (χ4n) is 3.97. The van der Waals surface area contributed by atoms with Gasteiger partial charge in [-0.05, 0) is 63.4 Å². The molecule has 2 aliphatic rings. The first kappa shape index (κ1) is 21.9. The number of hydrogen-bond acceptors (Lipinski definition) is 5. The number of amides is 3. The van der Waals surface area contributed by atoms with Crippen molar-refractivity contribution in [2.24, 2.45) is 5.92 Å². The van der Waals surface area contributed by atoms with Gasteiger partial charge in [0.05, 0.1) is 11.7 Å². The van der Waals surface area contributed by atoms with Crippen LogP contribution in [-0.2, 0) is 4.79 Å². The standard InChI is InChI=1S/C24H30N4O4/c1-24(2,3)27-23(30)28-12-9-16(10-13-28)22(29)26-21(18-6-4-5-11-25-18)17-7-8-19-20(14-17)32-15-31-19/h4-8,11,14,16,21H,9-10,12-13,15H2,1-3H3,(H,26,29)(H,27,30). The first-order valence-electron chi connectivity index (χ1n) is 11.0. The van der Waals surface area contributed by atoms with E-state index < -0.39 is 6.04 Å². The lowest BCUT2D eigenvalue weighted by atomic mass is 9.94. The summed E-state index contributed by atoms with van der Waals surface area (Å²) in [6, 6.07) is 10.8. The maximum atomic E-state index is 13.2. The van der Waals surface area contributed by atoms with Crippen LogP contribution in [-0.4, -0.2) is 47.2 Å². The van der Waals surface area contributed by atoms with Crippen LogP contribution >= 0.6 is 0 Å². The highest BCUT2D eigenvalue weighted by Crippen LogP contribution is 2.35. The largest absolute Gasteiger partial charge is 0.454 e. The van der Waals surface area contributed by atoms with Gasteiger partial charge in [0, 0.05) is 30.7 Å². The highest BCUT2D eigenvalue weighted by atomic mass is 16.7. The lowest BCUT2D eigenvalue weighted by Gasteiger charge is -2.34. The molecule has 2 aromatic rings. The Bertz CT molecular complexity index is 966. The molecule has 2 N–H and O–H groups in total.